The molecule has 1 radical (unpaired) electrons. The Bertz CT molecular complexity index is 144. The van der Waals surface area contributed by atoms with Crippen molar-refractivity contribution in [2.45, 2.75) is 96.3 Å². The summed E-state index contributed by atoms with van der Waals surface area (Å²) < 4.78 is 0. The van der Waals surface area contributed by atoms with E-state index in [1.165, 1.54) is 89.9 Å². The fourth-order valence-electron chi connectivity index (χ4n) is 3.15. The van der Waals surface area contributed by atoms with Crippen molar-refractivity contribution in [3.8, 4) is 0 Å². The summed E-state index contributed by atoms with van der Waals surface area (Å²) in [5.41, 5.74) is 0. The second-order valence-corrected chi connectivity index (χ2v) is 5.97. The fourth-order valence-corrected chi connectivity index (χ4v) is 3.15. The maximum Gasteiger partial charge on any atom is -0.0414 e. The summed E-state index contributed by atoms with van der Waals surface area (Å²) in [5.74, 6) is 1.10. The van der Waals surface area contributed by atoms with E-state index in [1.807, 2.05) is 0 Å². The van der Waals surface area contributed by atoms with Crippen LogP contribution in [0, 0.1) is 12.8 Å². The van der Waals surface area contributed by atoms with Crippen LogP contribution in [0.4, 0.5) is 0 Å². The summed E-state index contributed by atoms with van der Waals surface area (Å²) in [4.78, 5) is 0. The first kappa shape index (κ1) is 15.1. The molecular formula is C17H33. The number of rotatable bonds is 10. The Kier molecular flexibility index (Phi) is 9.84. The molecular weight excluding hydrogens is 204 g/mol. The molecule has 0 heteroatoms. The van der Waals surface area contributed by atoms with Crippen LogP contribution >= 0.6 is 0 Å². The summed E-state index contributed by atoms with van der Waals surface area (Å²) in [6.07, 6.45) is 21.8. The molecule has 0 aromatic heterocycles. The second kappa shape index (κ2) is 11.1. The lowest BCUT2D eigenvalue weighted by atomic mass is 9.85. The lowest BCUT2D eigenvalue weighted by molar-refractivity contribution is 0.328. The average Bonchev–Trinajstić information content (AvgIpc) is 2.38. The molecule has 1 aliphatic rings. The van der Waals surface area contributed by atoms with E-state index in [4.69, 9.17) is 0 Å². The maximum absolute atomic E-state index is 3.89. The zero-order valence-electron chi connectivity index (χ0n) is 11.9. The number of hydrogen-bond acceptors (Lipinski definition) is 0. The summed E-state index contributed by atoms with van der Waals surface area (Å²) in [6.45, 7) is 3.89. The van der Waals surface area contributed by atoms with Crippen LogP contribution in [0.3, 0.4) is 0 Å². The van der Waals surface area contributed by atoms with Crippen molar-refractivity contribution in [3.63, 3.8) is 0 Å². The van der Waals surface area contributed by atoms with Gasteiger partial charge in [0.2, 0.25) is 0 Å². The van der Waals surface area contributed by atoms with E-state index in [2.05, 4.69) is 6.92 Å². The second-order valence-electron chi connectivity index (χ2n) is 5.97. The predicted molar refractivity (Wildman–Crippen MR) is 78.1 cm³/mol. The van der Waals surface area contributed by atoms with Crippen LogP contribution in [0.2, 0.25) is 0 Å². The van der Waals surface area contributed by atoms with Crippen LogP contribution in [0.5, 0.6) is 0 Å². The molecule has 1 aliphatic carbocycles. The Hall–Kier alpha value is 0. The Labute approximate surface area is 110 Å². The van der Waals surface area contributed by atoms with E-state index < -0.39 is 0 Å². The summed E-state index contributed by atoms with van der Waals surface area (Å²) >= 11 is 0. The normalized spacial score (nSPS) is 17.5. The van der Waals surface area contributed by atoms with Crippen molar-refractivity contribution < 1.29 is 0 Å². The van der Waals surface area contributed by atoms with Gasteiger partial charge in [-0.3, -0.25) is 0 Å². The molecule has 0 spiro atoms. The van der Waals surface area contributed by atoms with E-state index in [9.17, 15) is 0 Å². The highest BCUT2D eigenvalue weighted by atomic mass is 14.2. The van der Waals surface area contributed by atoms with Gasteiger partial charge in [-0.2, -0.15) is 0 Å². The minimum atomic E-state index is 1.10. The maximum atomic E-state index is 3.89. The first-order chi connectivity index (χ1) is 8.43. The van der Waals surface area contributed by atoms with Gasteiger partial charge in [-0.1, -0.05) is 103 Å². The van der Waals surface area contributed by atoms with Gasteiger partial charge in [0.1, 0.15) is 0 Å². The van der Waals surface area contributed by atoms with Crippen LogP contribution in [0.25, 0.3) is 0 Å². The molecule has 0 heterocycles. The smallest absolute Gasteiger partial charge is 0.0414 e. The molecule has 0 saturated heterocycles. The third kappa shape index (κ3) is 8.69. The zero-order chi connectivity index (χ0) is 12.2. The molecule has 1 rings (SSSR count). The third-order valence-electron chi connectivity index (χ3n) is 4.34. The van der Waals surface area contributed by atoms with Crippen LogP contribution in [0.1, 0.15) is 96.3 Å². The van der Waals surface area contributed by atoms with Gasteiger partial charge in [0.15, 0.2) is 0 Å². The molecule has 1 saturated carbocycles. The van der Waals surface area contributed by atoms with Gasteiger partial charge >= 0.3 is 0 Å². The Balaban J connectivity index is 1.75. The molecule has 0 unspecified atom stereocenters. The summed E-state index contributed by atoms with van der Waals surface area (Å²) in [5, 5.41) is 0. The van der Waals surface area contributed by atoms with Crippen LogP contribution in [0.15, 0.2) is 0 Å². The highest BCUT2D eigenvalue weighted by Crippen LogP contribution is 2.28. The van der Waals surface area contributed by atoms with Crippen molar-refractivity contribution in [1.82, 2.24) is 0 Å². The fraction of sp³-hybridized carbons (Fsp3) is 0.941. The van der Waals surface area contributed by atoms with Gasteiger partial charge in [0, 0.05) is 0 Å². The molecule has 0 amide bonds. The molecule has 0 bridgehead atoms. The lowest BCUT2D eigenvalue weighted by Gasteiger charge is -2.21. The molecule has 0 atom stereocenters. The summed E-state index contributed by atoms with van der Waals surface area (Å²) in [6, 6.07) is 0. The van der Waals surface area contributed by atoms with Crippen molar-refractivity contribution in [3.05, 3.63) is 6.92 Å². The standard InChI is InChI=1S/C17H33/c1-2-3-4-5-6-7-8-9-11-14-17-15-12-10-13-16-17/h17H,1-16H2. The van der Waals surface area contributed by atoms with Crippen molar-refractivity contribution >= 4 is 0 Å². The zero-order valence-corrected chi connectivity index (χ0v) is 11.9. The average molecular weight is 237 g/mol. The lowest BCUT2D eigenvalue weighted by Crippen LogP contribution is -2.05. The van der Waals surface area contributed by atoms with Gasteiger partial charge in [-0.25, -0.2) is 0 Å². The van der Waals surface area contributed by atoms with Crippen LogP contribution in [-0.4, -0.2) is 0 Å². The first-order valence-corrected chi connectivity index (χ1v) is 8.22. The summed E-state index contributed by atoms with van der Waals surface area (Å²) in [7, 11) is 0. The van der Waals surface area contributed by atoms with Crippen molar-refractivity contribution in [2.24, 2.45) is 5.92 Å². The molecule has 1 fully saturated rings. The first-order valence-electron chi connectivity index (χ1n) is 8.22. The molecule has 0 nitrogen and oxygen atoms in total. The van der Waals surface area contributed by atoms with Gasteiger partial charge < -0.3 is 0 Å². The molecule has 0 aliphatic heterocycles. The Morgan fingerprint density at radius 2 is 1.18 bits per heavy atom. The van der Waals surface area contributed by atoms with E-state index >= 15 is 0 Å². The SMILES string of the molecule is [CH2]CCCCCCCCCCC1CCCCC1. The quantitative estimate of drug-likeness (QED) is 0.391. The molecule has 0 aromatic rings. The highest BCUT2D eigenvalue weighted by Gasteiger charge is 2.12. The monoisotopic (exact) mass is 237 g/mol. The van der Waals surface area contributed by atoms with Crippen molar-refractivity contribution in [2.75, 3.05) is 0 Å². The minimum Gasteiger partial charge on any atom is -0.0533 e. The van der Waals surface area contributed by atoms with Gasteiger partial charge in [0.25, 0.3) is 0 Å². The van der Waals surface area contributed by atoms with Gasteiger partial charge in [-0.05, 0) is 5.92 Å². The minimum absolute atomic E-state index is 1.10. The van der Waals surface area contributed by atoms with Crippen LogP contribution in [-0.2, 0) is 0 Å². The van der Waals surface area contributed by atoms with Crippen LogP contribution < -0.4 is 0 Å². The van der Waals surface area contributed by atoms with E-state index in [0.29, 0.717) is 0 Å². The van der Waals surface area contributed by atoms with Gasteiger partial charge in [-0.15, -0.1) is 0 Å². The Morgan fingerprint density at radius 1 is 0.647 bits per heavy atom. The predicted octanol–water partition coefficient (Wildman–Crippen LogP) is 6.30. The molecule has 0 N–H and O–H groups in total. The van der Waals surface area contributed by atoms with E-state index in [-0.39, 0.29) is 0 Å². The third-order valence-corrected chi connectivity index (χ3v) is 4.34. The molecule has 17 heavy (non-hydrogen) atoms. The number of unbranched alkanes of at least 4 members (excludes halogenated alkanes) is 8. The number of hydrogen-bond donors (Lipinski definition) is 0. The largest absolute Gasteiger partial charge is 0.0533 e. The van der Waals surface area contributed by atoms with Gasteiger partial charge in [0.05, 0.1) is 0 Å². The van der Waals surface area contributed by atoms with Crippen molar-refractivity contribution in [1.29, 1.82) is 0 Å². The highest BCUT2D eigenvalue weighted by molar-refractivity contribution is 4.65. The Morgan fingerprint density at radius 3 is 1.76 bits per heavy atom. The van der Waals surface area contributed by atoms with E-state index in [0.717, 1.165) is 12.3 Å². The van der Waals surface area contributed by atoms with E-state index in [1.54, 1.807) is 0 Å². The molecule has 0 aromatic carbocycles. The topological polar surface area (TPSA) is 0 Å². The molecule has 101 valence electrons.